The van der Waals surface area contributed by atoms with Gasteiger partial charge in [-0.3, -0.25) is 0 Å². The molecule has 2 heterocycles. The molecule has 3 heteroatoms. The van der Waals surface area contributed by atoms with Gasteiger partial charge in [0.2, 0.25) is 0 Å². The Morgan fingerprint density at radius 3 is 2.29 bits per heavy atom. The molecule has 0 aromatic rings. The largest absolute Gasteiger partial charge is 0.396 e. The Hall–Kier alpha value is -0.120. The van der Waals surface area contributed by atoms with Crippen LogP contribution in [-0.4, -0.2) is 61.3 Å². The Bertz CT molecular complexity index is 208. The van der Waals surface area contributed by atoms with E-state index in [1.54, 1.807) is 0 Å². The summed E-state index contributed by atoms with van der Waals surface area (Å²) >= 11 is 0. The van der Waals surface area contributed by atoms with Crippen molar-refractivity contribution in [3.8, 4) is 0 Å². The van der Waals surface area contributed by atoms with E-state index < -0.39 is 0 Å². The zero-order valence-corrected chi connectivity index (χ0v) is 11.3. The summed E-state index contributed by atoms with van der Waals surface area (Å²) in [6.07, 6.45) is 6.65. The summed E-state index contributed by atoms with van der Waals surface area (Å²) in [5, 5.41) is 9.63. The lowest BCUT2D eigenvalue weighted by molar-refractivity contribution is 0.0786. The van der Waals surface area contributed by atoms with Crippen molar-refractivity contribution < 1.29 is 5.11 Å². The van der Waals surface area contributed by atoms with Crippen LogP contribution in [0, 0.1) is 11.8 Å². The molecular weight excluding hydrogens is 212 g/mol. The van der Waals surface area contributed by atoms with Crippen LogP contribution in [0.5, 0.6) is 0 Å². The van der Waals surface area contributed by atoms with E-state index in [4.69, 9.17) is 0 Å². The molecular formula is C14H28N2O. The summed E-state index contributed by atoms with van der Waals surface area (Å²) in [6.45, 7) is 6.43. The highest BCUT2D eigenvalue weighted by atomic mass is 16.3. The maximum absolute atomic E-state index is 9.63. The van der Waals surface area contributed by atoms with Gasteiger partial charge in [-0.2, -0.15) is 0 Å². The topological polar surface area (TPSA) is 26.7 Å². The lowest BCUT2D eigenvalue weighted by atomic mass is 9.84. The van der Waals surface area contributed by atoms with Gasteiger partial charge < -0.3 is 14.9 Å². The number of rotatable bonds is 4. The minimum absolute atomic E-state index is 0.380. The van der Waals surface area contributed by atoms with Crippen molar-refractivity contribution in [1.82, 2.24) is 9.80 Å². The maximum atomic E-state index is 9.63. The molecule has 2 fully saturated rings. The van der Waals surface area contributed by atoms with E-state index in [1.807, 2.05) is 0 Å². The van der Waals surface area contributed by atoms with E-state index in [2.05, 4.69) is 16.8 Å². The van der Waals surface area contributed by atoms with Crippen molar-refractivity contribution in [1.29, 1.82) is 0 Å². The monoisotopic (exact) mass is 240 g/mol. The van der Waals surface area contributed by atoms with Crippen molar-refractivity contribution >= 4 is 0 Å². The van der Waals surface area contributed by atoms with E-state index in [-0.39, 0.29) is 0 Å². The van der Waals surface area contributed by atoms with Gasteiger partial charge in [0.15, 0.2) is 0 Å². The number of aliphatic hydroxyl groups excluding tert-OH is 1. The molecule has 0 aromatic heterocycles. The average Bonchev–Trinajstić information content (AvgIpc) is 2.38. The quantitative estimate of drug-likeness (QED) is 0.805. The SMILES string of the molecule is CN1CCC(C(CO)CN2CCCCC2)CC1. The van der Waals surface area contributed by atoms with E-state index in [0.29, 0.717) is 12.5 Å². The molecule has 100 valence electrons. The molecule has 0 bridgehead atoms. The fourth-order valence-electron chi connectivity index (χ4n) is 3.33. The van der Waals surface area contributed by atoms with Crippen LogP contribution in [0.1, 0.15) is 32.1 Å². The highest BCUT2D eigenvalue weighted by molar-refractivity contribution is 4.79. The lowest BCUT2D eigenvalue weighted by Gasteiger charge is -2.37. The predicted octanol–water partition coefficient (Wildman–Crippen LogP) is 1.42. The van der Waals surface area contributed by atoms with Gasteiger partial charge in [0, 0.05) is 13.2 Å². The molecule has 2 aliphatic rings. The Morgan fingerprint density at radius 2 is 1.71 bits per heavy atom. The summed E-state index contributed by atoms with van der Waals surface area (Å²) in [7, 11) is 2.20. The molecule has 0 aromatic carbocycles. The first-order chi connectivity index (χ1) is 8.29. The lowest BCUT2D eigenvalue weighted by Crippen LogP contribution is -2.41. The Morgan fingerprint density at radius 1 is 1.06 bits per heavy atom. The second kappa shape index (κ2) is 6.72. The zero-order valence-electron chi connectivity index (χ0n) is 11.3. The predicted molar refractivity (Wildman–Crippen MR) is 71.1 cm³/mol. The molecule has 2 aliphatic heterocycles. The van der Waals surface area contributed by atoms with Crippen LogP contribution in [-0.2, 0) is 0 Å². The van der Waals surface area contributed by atoms with Crippen molar-refractivity contribution in [2.75, 3.05) is 46.4 Å². The van der Waals surface area contributed by atoms with Gasteiger partial charge in [-0.1, -0.05) is 6.42 Å². The third-order valence-corrected chi connectivity index (χ3v) is 4.61. The Kier molecular flexibility index (Phi) is 5.26. The van der Waals surface area contributed by atoms with Crippen molar-refractivity contribution in [3.05, 3.63) is 0 Å². The average molecular weight is 240 g/mol. The molecule has 0 radical (unpaired) electrons. The van der Waals surface area contributed by atoms with Crippen molar-refractivity contribution in [3.63, 3.8) is 0 Å². The summed E-state index contributed by atoms with van der Waals surface area (Å²) < 4.78 is 0. The highest BCUT2D eigenvalue weighted by Gasteiger charge is 2.26. The molecule has 2 rings (SSSR count). The van der Waals surface area contributed by atoms with E-state index in [9.17, 15) is 5.11 Å². The van der Waals surface area contributed by atoms with Crippen LogP contribution in [0.15, 0.2) is 0 Å². The third kappa shape index (κ3) is 3.94. The van der Waals surface area contributed by atoms with Crippen molar-refractivity contribution in [2.45, 2.75) is 32.1 Å². The molecule has 1 unspecified atom stereocenters. The third-order valence-electron chi connectivity index (χ3n) is 4.61. The first-order valence-corrected chi connectivity index (χ1v) is 7.31. The molecule has 3 nitrogen and oxygen atoms in total. The number of aliphatic hydroxyl groups is 1. The minimum Gasteiger partial charge on any atom is -0.396 e. The van der Waals surface area contributed by atoms with E-state index in [1.165, 1.54) is 58.3 Å². The normalized spacial score (nSPS) is 27.2. The summed E-state index contributed by atoms with van der Waals surface area (Å²) in [5.41, 5.74) is 0. The van der Waals surface area contributed by atoms with E-state index >= 15 is 0 Å². The van der Waals surface area contributed by atoms with Crippen LogP contribution in [0.3, 0.4) is 0 Å². The number of likely N-dealkylation sites (tertiary alicyclic amines) is 2. The summed E-state index contributed by atoms with van der Waals surface area (Å²) in [4.78, 5) is 4.98. The summed E-state index contributed by atoms with van der Waals surface area (Å²) in [5.74, 6) is 1.26. The van der Waals surface area contributed by atoms with Gasteiger partial charge in [-0.05, 0) is 70.7 Å². The smallest absolute Gasteiger partial charge is 0.0474 e. The van der Waals surface area contributed by atoms with Gasteiger partial charge in [0.05, 0.1) is 0 Å². The number of piperidine rings is 2. The zero-order chi connectivity index (χ0) is 12.1. The molecule has 17 heavy (non-hydrogen) atoms. The molecule has 0 spiro atoms. The van der Waals surface area contributed by atoms with Crippen LogP contribution >= 0.6 is 0 Å². The fraction of sp³-hybridized carbons (Fsp3) is 1.00. The minimum atomic E-state index is 0.380. The first kappa shape index (κ1) is 13.3. The standard InChI is InChI=1S/C14H28N2O/c1-15-9-5-13(6-10-15)14(12-17)11-16-7-3-2-4-8-16/h13-14,17H,2-12H2,1H3. The molecule has 1 N–H and O–H groups in total. The van der Waals surface area contributed by atoms with Gasteiger partial charge in [0.25, 0.3) is 0 Å². The fourth-order valence-corrected chi connectivity index (χ4v) is 3.33. The Balaban J connectivity index is 1.78. The first-order valence-electron chi connectivity index (χ1n) is 7.31. The number of hydrogen-bond donors (Lipinski definition) is 1. The summed E-state index contributed by atoms with van der Waals surface area (Å²) in [6, 6.07) is 0. The van der Waals surface area contributed by atoms with E-state index in [0.717, 1.165) is 12.5 Å². The molecule has 0 aliphatic carbocycles. The van der Waals surface area contributed by atoms with Crippen LogP contribution < -0.4 is 0 Å². The van der Waals surface area contributed by atoms with Gasteiger partial charge in [-0.15, -0.1) is 0 Å². The van der Waals surface area contributed by atoms with Gasteiger partial charge in [0.1, 0.15) is 0 Å². The molecule has 1 atom stereocenters. The van der Waals surface area contributed by atoms with Crippen LogP contribution in [0.4, 0.5) is 0 Å². The van der Waals surface area contributed by atoms with Crippen LogP contribution in [0.25, 0.3) is 0 Å². The molecule has 2 saturated heterocycles. The van der Waals surface area contributed by atoms with Crippen LogP contribution in [0.2, 0.25) is 0 Å². The maximum Gasteiger partial charge on any atom is 0.0474 e. The number of nitrogens with zero attached hydrogens (tertiary/aromatic N) is 2. The second-order valence-corrected chi connectivity index (χ2v) is 5.94. The Labute approximate surface area is 106 Å². The molecule has 0 amide bonds. The van der Waals surface area contributed by atoms with Gasteiger partial charge in [-0.25, -0.2) is 0 Å². The molecule has 0 saturated carbocycles. The number of hydrogen-bond acceptors (Lipinski definition) is 3. The van der Waals surface area contributed by atoms with Crippen molar-refractivity contribution in [2.24, 2.45) is 11.8 Å². The highest BCUT2D eigenvalue weighted by Crippen LogP contribution is 2.26. The second-order valence-electron chi connectivity index (χ2n) is 5.94. The van der Waals surface area contributed by atoms with Gasteiger partial charge >= 0.3 is 0 Å².